The molecule has 1 fully saturated rings. The first kappa shape index (κ1) is 29.3. The molecule has 0 saturated heterocycles. The Hall–Kier alpha value is -4.16. The van der Waals surface area contributed by atoms with Crippen LogP contribution in [0.3, 0.4) is 0 Å². The summed E-state index contributed by atoms with van der Waals surface area (Å²) in [5.41, 5.74) is 7.61. The van der Waals surface area contributed by atoms with Gasteiger partial charge in [-0.3, -0.25) is 5.10 Å². The van der Waals surface area contributed by atoms with Crippen molar-refractivity contribution in [3.63, 3.8) is 0 Å². The number of hydrogen-bond donors (Lipinski definition) is 3. The van der Waals surface area contributed by atoms with Crippen molar-refractivity contribution in [1.29, 1.82) is 0 Å². The van der Waals surface area contributed by atoms with Crippen LogP contribution >= 0.6 is 11.3 Å². The van der Waals surface area contributed by atoms with Crippen LogP contribution in [-0.2, 0) is 0 Å². The fourth-order valence-corrected chi connectivity index (χ4v) is 6.72. The minimum Gasteiger partial charge on any atom is -0.359 e. The van der Waals surface area contributed by atoms with Crippen molar-refractivity contribution < 1.29 is 0 Å². The van der Waals surface area contributed by atoms with Gasteiger partial charge < -0.3 is 10.3 Å². The van der Waals surface area contributed by atoms with Gasteiger partial charge in [0.1, 0.15) is 11.3 Å². The molecule has 0 amide bonds. The average molecular weight is 576 g/mol. The highest BCUT2D eigenvalue weighted by molar-refractivity contribution is 7.15. The van der Waals surface area contributed by atoms with Gasteiger partial charge in [0.2, 0.25) is 0 Å². The lowest BCUT2D eigenvalue weighted by Gasteiger charge is -2.23. The number of allylic oxidation sites excluding steroid dienone is 6. The standard InChI is InChI=1S/C36H41N5S/c1-7-27(21-28(8-2)38-24(5)20-26-13-11-10-12-14-26)23(4)19-31-32(9-3)40-41-35(31)33-22-30-29(17-18-37-36(30)39-33)34-16-15-25(6)42-34/h7-9,15-19,21-22,26,38,40H,2,4-5,10-14,20H2,1,3,6H3,(H,37,39)/b27-7+,28-21+,31-19+,32-9+. The van der Waals surface area contributed by atoms with E-state index >= 15 is 0 Å². The monoisotopic (exact) mass is 575 g/mol. The predicted molar refractivity (Wildman–Crippen MR) is 180 cm³/mol. The maximum Gasteiger partial charge on any atom is 0.138 e. The normalized spacial score (nSPS) is 15.9. The van der Waals surface area contributed by atoms with Crippen LogP contribution in [0.25, 0.3) is 45.0 Å². The maximum atomic E-state index is 4.71. The van der Waals surface area contributed by atoms with E-state index in [9.17, 15) is 0 Å². The molecule has 5 nitrogen and oxygen atoms in total. The molecular formula is C36H41N5S. The molecule has 1 aliphatic carbocycles. The third kappa shape index (κ3) is 6.50. The molecule has 4 heterocycles. The summed E-state index contributed by atoms with van der Waals surface area (Å²) in [4.78, 5) is 10.6. The summed E-state index contributed by atoms with van der Waals surface area (Å²) >= 11 is 1.79. The molecular weight excluding hydrogens is 534 g/mol. The minimum absolute atomic E-state index is 0.725. The van der Waals surface area contributed by atoms with E-state index in [1.807, 2.05) is 32.2 Å². The quantitative estimate of drug-likeness (QED) is 0.167. The Kier molecular flexibility index (Phi) is 9.23. The number of nitrogens with zero attached hydrogens (tertiary/aromatic N) is 2. The number of pyridine rings is 1. The van der Waals surface area contributed by atoms with E-state index in [0.29, 0.717) is 0 Å². The second kappa shape index (κ2) is 13.2. The maximum absolute atomic E-state index is 4.71. The molecule has 0 radical (unpaired) electrons. The summed E-state index contributed by atoms with van der Waals surface area (Å²) in [7, 11) is 0. The zero-order valence-electron chi connectivity index (χ0n) is 25.0. The van der Waals surface area contributed by atoms with Crippen LogP contribution in [0.4, 0.5) is 0 Å². The number of rotatable bonds is 10. The largest absolute Gasteiger partial charge is 0.359 e. The number of aromatic nitrogens is 4. The van der Waals surface area contributed by atoms with Gasteiger partial charge in [-0.05, 0) is 86.7 Å². The van der Waals surface area contributed by atoms with Crippen LogP contribution in [0.5, 0.6) is 0 Å². The second-order valence-corrected chi connectivity index (χ2v) is 12.3. The van der Waals surface area contributed by atoms with Gasteiger partial charge in [-0.15, -0.1) is 11.3 Å². The molecule has 0 unspecified atom stereocenters. The van der Waals surface area contributed by atoms with Crippen molar-refractivity contribution in [1.82, 2.24) is 25.5 Å². The second-order valence-electron chi connectivity index (χ2n) is 11.1. The first-order valence-electron chi connectivity index (χ1n) is 14.8. The molecule has 1 aliphatic rings. The summed E-state index contributed by atoms with van der Waals surface area (Å²) in [5.74, 6) is 0.725. The number of fused-ring (bicyclic) bond motifs is 1. The fraction of sp³-hybridized carbons (Fsp3) is 0.278. The van der Waals surface area contributed by atoms with E-state index in [4.69, 9.17) is 5.10 Å². The van der Waals surface area contributed by atoms with Crippen LogP contribution in [0, 0.1) is 12.8 Å². The summed E-state index contributed by atoms with van der Waals surface area (Å²) in [6.45, 7) is 19.0. The van der Waals surface area contributed by atoms with Gasteiger partial charge in [0.05, 0.1) is 11.0 Å². The molecule has 3 N–H and O–H groups in total. The Labute approximate surface area is 252 Å². The van der Waals surface area contributed by atoms with Crippen molar-refractivity contribution >= 4 is 34.5 Å². The smallest absolute Gasteiger partial charge is 0.138 e. The van der Waals surface area contributed by atoms with Crippen molar-refractivity contribution in [3.8, 4) is 21.8 Å². The van der Waals surface area contributed by atoms with Gasteiger partial charge in [0.25, 0.3) is 0 Å². The third-order valence-corrected chi connectivity index (χ3v) is 9.06. The van der Waals surface area contributed by atoms with E-state index in [-0.39, 0.29) is 0 Å². The van der Waals surface area contributed by atoms with Crippen LogP contribution in [0.15, 0.2) is 91.0 Å². The first-order valence-corrected chi connectivity index (χ1v) is 15.6. The van der Waals surface area contributed by atoms with Crippen molar-refractivity contribution in [2.24, 2.45) is 5.92 Å². The topological polar surface area (TPSA) is 69.4 Å². The molecule has 6 heteroatoms. The molecule has 0 spiro atoms. The van der Waals surface area contributed by atoms with Gasteiger partial charge in [-0.1, -0.05) is 64.0 Å². The third-order valence-electron chi connectivity index (χ3n) is 8.03. The highest BCUT2D eigenvalue weighted by Crippen LogP contribution is 2.34. The molecule has 0 bridgehead atoms. The summed E-state index contributed by atoms with van der Waals surface area (Å²) < 4.78 is 0. The number of aromatic amines is 2. The molecule has 1 saturated carbocycles. The van der Waals surface area contributed by atoms with Crippen molar-refractivity contribution in [3.05, 3.63) is 106 Å². The van der Waals surface area contributed by atoms with Gasteiger partial charge in [0.15, 0.2) is 0 Å². The molecule has 0 aromatic carbocycles. The van der Waals surface area contributed by atoms with E-state index in [1.54, 1.807) is 11.3 Å². The van der Waals surface area contributed by atoms with E-state index in [0.717, 1.165) is 67.9 Å². The van der Waals surface area contributed by atoms with E-state index < -0.39 is 0 Å². The van der Waals surface area contributed by atoms with E-state index in [1.165, 1.54) is 47.4 Å². The Bertz CT molecular complexity index is 1800. The van der Waals surface area contributed by atoms with Crippen LogP contribution in [0.2, 0.25) is 0 Å². The first-order chi connectivity index (χ1) is 20.4. The molecule has 5 rings (SSSR count). The van der Waals surface area contributed by atoms with Crippen molar-refractivity contribution in [2.75, 3.05) is 0 Å². The zero-order chi connectivity index (χ0) is 29.6. The predicted octanol–water partition coefficient (Wildman–Crippen LogP) is 8.22. The summed E-state index contributed by atoms with van der Waals surface area (Å²) in [6.07, 6.45) is 19.6. The van der Waals surface area contributed by atoms with E-state index in [2.05, 4.69) is 89.5 Å². The Balaban J connectivity index is 1.45. The number of hydrogen-bond acceptors (Lipinski definition) is 4. The van der Waals surface area contributed by atoms with Gasteiger partial charge >= 0.3 is 0 Å². The van der Waals surface area contributed by atoms with Gasteiger partial charge in [-0.2, -0.15) is 5.10 Å². The Morgan fingerprint density at radius 2 is 1.95 bits per heavy atom. The molecule has 4 aromatic rings. The summed E-state index contributed by atoms with van der Waals surface area (Å²) in [6, 6.07) is 8.56. The van der Waals surface area contributed by atoms with Crippen LogP contribution in [-0.4, -0.2) is 20.2 Å². The number of H-pyrrole nitrogens is 2. The highest BCUT2D eigenvalue weighted by atomic mass is 32.1. The molecule has 4 aromatic heterocycles. The lowest BCUT2D eigenvalue weighted by molar-refractivity contribution is 0.353. The van der Waals surface area contributed by atoms with Crippen LogP contribution < -0.4 is 15.9 Å². The van der Waals surface area contributed by atoms with Gasteiger partial charge in [0, 0.05) is 43.5 Å². The van der Waals surface area contributed by atoms with Crippen LogP contribution in [0.1, 0.15) is 57.2 Å². The molecule has 42 heavy (non-hydrogen) atoms. The zero-order valence-corrected chi connectivity index (χ0v) is 25.8. The lowest BCUT2D eigenvalue weighted by Crippen LogP contribution is -2.23. The lowest BCUT2D eigenvalue weighted by atomic mass is 9.86. The number of nitrogens with one attached hydrogen (secondary N) is 3. The Morgan fingerprint density at radius 1 is 1.14 bits per heavy atom. The molecule has 0 aliphatic heterocycles. The SMILES string of the molecule is C=C/C(=C\C(=C/C)C(=C)/C=c1/c(-c2cc3c(-c4ccc(C)s4)ccnc3[nH]2)n[nH]/c1=C/C)NC(=C)CC1CCCCC1. The fourth-order valence-electron chi connectivity index (χ4n) is 5.81. The number of thiophene rings is 1. The highest BCUT2D eigenvalue weighted by Gasteiger charge is 2.16. The number of aryl methyl sites for hydroxylation is 1. The average Bonchev–Trinajstić information content (AvgIpc) is 3.73. The molecule has 216 valence electrons. The van der Waals surface area contributed by atoms with Crippen molar-refractivity contribution in [2.45, 2.75) is 59.3 Å². The Morgan fingerprint density at radius 3 is 2.64 bits per heavy atom. The van der Waals surface area contributed by atoms with Gasteiger partial charge in [-0.25, -0.2) is 4.98 Å². The summed E-state index contributed by atoms with van der Waals surface area (Å²) in [5, 5.41) is 14.4. The minimum atomic E-state index is 0.725. The molecule has 0 atom stereocenters.